The van der Waals surface area contributed by atoms with E-state index in [1.54, 1.807) is 18.2 Å². The molecule has 3 fully saturated rings. The van der Waals surface area contributed by atoms with Gasteiger partial charge in [-0.25, -0.2) is 0 Å². The topological polar surface area (TPSA) is 107 Å². The number of aromatic hydroxyl groups is 1. The van der Waals surface area contributed by atoms with E-state index in [-0.39, 0.29) is 30.5 Å². The molecule has 8 nitrogen and oxygen atoms in total. The molecule has 0 unspecified atom stereocenters. The predicted molar refractivity (Wildman–Crippen MR) is 177 cm³/mol. The zero-order chi connectivity index (χ0) is 32.4. The summed E-state index contributed by atoms with van der Waals surface area (Å²) >= 11 is 1.50. The average molecular weight is 644 g/mol. The van der Waals surface area contributed by atoms with E-state index in [0.717, 1.165) is 21.0 Å². The van der Waals surface area contributed by atoms with Gasteiger partial charge in [0.25, 0.3) is 11.8 Å². The maximum absolute atomic E-state index is 15.1. The van der Waals surface area contributed by atoms with Crippen LogP contribution >= 0.6 is 11.3 Å². The molecule has 2 saturated heterocycles. The predicted octanol–water partition coefficient (Wildman–Crippen LogP) is 5.95. The number of aryl methyl sites for hydroxylation is 1. The third-order valence-corrected chi connectivity index (χ3v) is 11.5. The second kappa shape index (κ2) is 11.1. The number of phenols is 1. The van der Waals surface area contributed by atoms with Gasteiger partial charge in [-0.2, -0.15) is 5.01 Å². The number of hydrazine groups is 1. The van der Waals surface area contributed by atoms with E-state index in [0.29, 0.717) is 23.2 Å². The van der Waals surface area contributed by atoms with Crippen LogP contribution in [-0.4, -0.2) is 38.6 Å². The van der Waals surface area contributed by atoms with Crippen LogP contribution in [0.25, 0.3) is 0 Å². The standard InChI is InChI=1S/C38H33N3O5S/c1-22-13-15-24(16-14-22)39-41-35(44)30-20-29-26(17-18-28-32(29)36(45)40(34(28)43)21-25-10-7-19-47-25)33(27-11-5-6-12-31(27)42)38(30,37(41)46)23-8-3-2-4-9-23/h2-17,19,28-30,32-33,39,42H,18,20-21H2,1H3/t28-,29+,30-,32-,33+,38+/m0/s1. The normalized spacial score (nSPS) is 28.2. The lowest BCUT2D eigenvalue weighted by Crippen LogP contribution is -2.53. The molecule has 0 bridgehead atoms. The number of carbonyl (C=O) groups excluding carboxylic acids is 4. The number of benzene rings is 3. The largest absolute Gasteiger partial charge is 0.508 e. The Morgan fingerprint density at radius 2 is 1.60 bits per heavy atom. The van der Waals surface area contributed by atoms with Crippen molar-refractivity contribution in [2.24, 2.45) is 23.7 Å². The van der Waals surface area contributed by atoms with E-state index in [2.05, 4.69) is 5.43 Å². The average Bonchev–Trinajstić information content (AvgIpc) is 3.75. The number of allylic oxidation sites excluding steroid dienone is 2. The molecule has 8 rings (SSSR count). The Morgan fingerprint density at radius 3 is 2.32 bits per heavy atom. The Morgan fingerprint density at radius 1 is 0.851 bits per heavy atom. The number of carbonyl (C=O) groups is 4. The fraction of sp³-hybridized carbons (Fsp3) is 0.263. The smallest absolute Gasteiger partial charge is 0.260 e. The van der Waals surface area contributed by atoms with Crippen LogP contribution < -0.4 is 5.43 Å². The van der Waals surface area contributed by atoms with Gasteiger partial charge in [-0.1, -0.05) is 83.9 Å². The minimum absolute atomic E-state index is 0.00793. The van der Waals surface area contributed by atoms with E-state index in [9.17, 15) is 19.5 Å². The van der Waals surface area contributed by atoms with Crippen LogP contribution in [0.4, 0.5) is 5.69 Å². The lowest BCUT2D eigenvalue weighted by Gasteiger charge is -2.50. The lowest BCUT2D eigenvalue weighted by molar-refractivity contribution is -0.141. The summed E-state index contributed by atoms with van der Waals surface area (Å²) in [7, 11) is 0. The molecule has 2 aliphatic heterocycles. The van der Waals surface area contributed by atoms with Crippen LogP contribution in [0.15, 0.2) is 108 Å². The minimum Gasteiger partial charge on any atom is -0.508 e. The van der Waals surface area contributed by atoms with Gasteiger partial charge in [0.05, 0.1) is 35.4 Å². The van der Waals surface area contributed by atoms with Crippen LogP contribution in [0, 0.1) is 30.6 Å². The molecule has 9 heteroatoms. The van der Waals surface area contributed by atoms with Crippen LogP contribution in [0.2, 0.25) is 0 Å². The number of likely N-dealkylation sites (tertiary alicyclic amines) is 1. The molecule has 1 aromatic heterocycles. The number of nitrogens with zero attached hydrogens (tertiary/aromatic N) is 2. The molecular formula is C38H33N3O5S. The number of anilines is 1. The van der Waals surface area contributed by atoms with Crippen molar-refractivity contribution in [3.63, 3.8) is 0 Å². The van der Waals surface area contributed by atoms with Gasteiger partial charge >= 0.3 is 0 Å². The maximum atomic E-state index is 15.1. The fourth-order valence-corrected chi connectivity index (χ4v) is 9.30. The fourth-order valence-electron chi connectivity index (χ4n) is 8.60. The van der Waals surface area contributed by atoms with Gasteiger partial charge in [-0.05, 0) is 60.9 Å². The Balaban J connectivity index is 1.30. The lowest BCUT2D eigenvalue weighted by atomic mass is 9.49. The van der Waals surface area contributed by atoms with Crippen molar-refractivity contribution in [2.45, 2.75) is 37.6 Å². The summed E-state index contributed by atoms with van der Waals surface area (Å²) in [6, 6.07) is 27.5. The minimum atomic E-state index is -1.41. The number of para-hydroxylation sites is 1. The number of rotatable bonds is 6. The summed E-state index contributed by atoms with van der Waals surface area (Å²) in [4.78, 5) is 60.0. The highest BCUT2D eigenvalue weighted by molar-refractivity contribution is 7.09. The molecule has 3 aromatic carbocycles. The van der Waals surface area contributed by atoms with Crippen molar-refractivity contribution in [1.82, 2.24) is 9.91 Å². The quantitative estimate of drug-likeness (QED) is 0.199. The molecule has 0 radical (unpaired) electrons. The van der Waals surface area contributed by atoms with Crippen molar-refractivity contribution in [1.29, 1.82) is 0 Å². The van der Waals surface area contributed by atoms with Crippen LogP contribution in [-0.2, 0) is 31.1 Å². The first kappa shape index (κ1) is 29.4. The summed E-state index contributed by atoms with van der Waals surface area (Å²) in [5.74, 6) is -4.53. The first-order valence-corrected chi connectivity index (χ1v) is 16.8. The molecule has 1 saturated carbocycles. The van der Waals surface area contributed by atoms with Gasteiger partial charge in [0.15, 0.2) is 0 Å². The first-order valence-electron chi connectivity index (χ1n) is 15.9. The molecule has 3 heterocycles. The van der Waals surface area contributed by atoms with Gasteiger partial charge in [-0.3, -0.25) is 29.5 Å². The van der Waals surface area contributed by atoms with Gasteiger partial charge < -0.3 is 5.11 Å². The van der Waals surface area contributed by atoms with Crippen molar-refractivity contribution < 1.29 is 24.3 Å². The molecule has 4 aromatic rings. The van der Waals surface area contributed by atoms with Gasteiger partial charge in [0.1, 0.15) is 5.75 Å². The highest BCUT2D eigenvalue weighted by atomic mass is 32.1. The van der Waals surface area contributed by atoms with Gasteiger partial charge in [-0.15, -0.1) is 11.3 Å². The summed E-state index contributed by atoms with van der Waals surface area (Å²) < 4.78 is 0. The molecule has 2 aliphatic carbocycles. The second-order valence-electron chi connectivity index (χ2n) is 13.0. The number of hydrogen-bond acceptors (Lipinski definition) is 7. The third-order valence-electron chi connectivity index (χ3n) is 10.6. The van der Waals surface area contributed by atoms with Crippen molar-refractivity contribution in [2.75, 3.05) is 5.43 Å². The van der Waals surface area contributed by atoms with E-state index in [4.69, 9.17) is 0 Å². The van der Waals surface area contributed by atoms with E-state index in [1.165, 1.54) is 16.2 Å². The van der Waals surface area contributed by atoms with E-state index >= 15 is 4.79 Å². The van der Waals surface area contributed by atoms with Gasteiger partial charge in [0, 0.05) is 16.4 Å². The first-order chi connectivity index (χ1) is 22.8. The monoisotopic (exact) mass is 643 g/mol. The zero-order valence-electron chi connectivity index (χ0n) is 25.7. The summed E-state index contributed by atoms with van der Waals surface area (Å²) in [5.41, 5.74) is 5.33. The van der Waals surface area contributed by atoms with Crippen LogP contribution in [0.3, 0.4) is 0 Å². The molecule has 2 N–H and O–H groups in total. The number of imide groups is 2. The second-order valence-corrected chi connectivity index (χ2v) is 14.0. The Bertz CT molecular complexity index is 1940. The highest BCUT2D eigenvalue weighted by Gasteiger charge is 2.70. The van der Waals surface area contributed by atoms with Crippen LogP contribution in [0.1, 0.15) is 40.3 Å². The number of amides is 4. The number of nitrogens with one attached hydrogen (secondary N) is 1. The molecular weight excluding hydrogens is 611 g/mol. The Hall–Kier alpha value is -5.02. The number of fused-ring (bicyclic) bond motifs is 4. The number of phenolic OH excluding ortho intramolecular Hbond substituents is 1. The molecule has 0 spiro atoms. The van der Waals surface area contributed by atoms with Crippen molar-refractivity contribution >= 4 is 40.7 Å². The number of hydrogen-bond donors (Lipinski definition) is 2. The van der Waals surface area contributed by atoms with Crippen molar-refractivity contribution in [3.05, 3.63) is 130 Å². The van der Waals surface area contributed by atoms with E-state index in [1.807, 2.05) is 91.2 Å². The molecule has 6 atom stereocenters. The zero-order valence-corrected chi connectivity index (χ0v) is 26.5. The Kier molecular flexibility index (Phi) is 6.91. The molecule has 236 valence electrons. The summed E-state index contributed by atoms with van der Waals surface area (Å²) in [5, 5.41) is 14.5. The summed E-state index contributed by atoms with van der Waals surface area (Å²) in [6.45, 7) is 2.18. The maximum Gasteiger partial charge on any atom is 0.260 e. The third kappa shape index (κ3) is 4.33. The van der Waals surface area contributed by atoms with E-state index < -0.39 is 46.8 Å². The van der Waals surface area contributed by atoms with Crippen molar-refractivity contribution in [3.8, 4) is 5.75 Å². The SMILES string of the molecule is Cc1ccc(NN2C(=O)[C@@H]3C[C@@H]4C(=CC[C@@H]5C(=O)N(Cc6cccs6)C(=O)[C@@H]54)[C@H](c4ccccc4O)[C@]3(c3ccccc3)C2=O)cc1. The molecule has 4 aliphatic rings. The van der Waals surface area contributed by atoms with Gasteiger partial charge in [0.2, 0.25) is 11.8 Å². The summed E-state index contributed by atoms with van der Waals surface area (Å²) in [6.07, 6.45) is 2.57. The number of thiophene rings is 1. The molecule has 47 heavy (non-hydrogen) atoms. The Labute approximate surface area is 276 Å². The van der Waals surface area contributed by atoms with Crippen LogP contribution in [0.5, 0.6) is 5.75 Å². The highest BCUT2D eigenvalue weighted by Crippen LogP contribution is 2.64. The molecule has 4 amide bonds.